The van der Waals surface area contributed by atoms with Crippen molar-refractivity contribution in [2.24, 2.45) is 0 Å². The van der Waals surface area contributed by atoms with Gasteiger partial charge in [0.05, 0.1) is 6.42 Å². The van der Waals surface area contributed by atoms with Crippen LogP contribution in [0.5, 0.6) is 0 Å². The zero-order valence-corrected chi connectivity index (χ0v) is 8.03. The summed E-state index contributed by atoms with van der Waals surface area (Å²) < 4.78 is 4.72. The van der Waals surface area contributed by atoms with Crippen molar-refractivity contribution in [3.8, 4) is 0 Å². The van der Waals surface area contributed by atoms with Crippen molar-refractivity contribution >= 4 is 11.8 Å². The summed E-state index contributed by atoms with van der Waals surface area (Å²) in [5.41, 5.74) is 0.890. The van der Waals surface area contributed by atoms with Gasteiger partial charge in [-0.25, -0.2) is 0 Å². The number of hydrogen-bond donors (Lipinski definition) is 0. The highest BCUT2D eigenvalue weighted by Gasteiger charge is 2.04. The Labute approximate surface area is 82.7 Å². The van der Waals surface area contributed by atoms with E-state index < -0.39 is 0 Å². The van der Waals surface area contributed by atoms with Gasteiger partial charge in [0.25, 0.3) is 0 Å². The fourth-order valence-electron chi connectivity index (χ4n) is 0.996. The maximum absolute atomic E-state index is 11.1. The molecule has 1 aromatic rings. The summed E-state index contributed by atoms with van der Waals surface area (Å²) in [6.45, 7) is 1.25. The molecule has 0 radical (unpaired) electrons. The monoisotopic (exact) mass is 192 g/mol. The van der Waals surface area contributed by atoms with Gasteiger partial charge in [-0.05, 0) is 12.5 Å². The van der Waals surface area contributed by atoms with Gasteiger partial charge in [-0.1, -0.05) is 30.3 Å². The van der Waals surface area contributed by atoms with Gasteiger partial charge in [-0.2, -0.15) is 0 Å². The second-order valence-corrected chi connectivity index (χ2v) is 3.03. The summed E-state index contributed by atoms with van der Waals surface area (Å²) in [7, 11) is 0. The fraction of sp³-hybridized carbons (Fsp3) is 0.273. The summed E-state index contributed by atoms with van der Waals surface area (Å²) in [4.78, 5) is 21.7. The predicted molar refractivity (Wildman–Crippen MR) is 51.8 cm³/mol. The van der Waals surface area contributed by atoms with Crippen molar-refractivity contribution in [1.82, 2.24) is 0 Å². The molecule has 3 nitrogen and oxygen atoms in total. The zero-order chi connectivity index (χ0) is 10.4. The van der Waals surface area contributed by atoms with E-state index in [1.165, 1.54) is 6.92 Å². The molecule has 0 bridgehead atoms. The first kappa shape index (κ1) is 10.4. The highest BCUT2D eigenvalue weighted by atomic mass is 16.5. The van der Waals surface area contributed by atoms with Crippen molar-refractivity contribution in [2.45, 2.75) is 13.3 Å². The van der Waals surface area contributed by atoms with E-state index in [0.29, 0.717) is 0 Å². The van der Waals surface area contributed by atoms with Crippen LogP contribution in [-0.2, 0) is 20.7 Å². The third kappa shape index (κ3) is 3.85. The number of carbonyl (C=O) groups excluding carboxylic acids is 2. The van der Waals surface area contributed by atoms with Crippen LogP contribution in [0, 0.1) is 0 Å². The van der Waals surface area contributed by atoms with Crippen molar-refractivity contribution in [3.05, 3.63) is 35.9 Å². The van der Waals surface area contributed by atoms with Crippen LogP contribution in [0.4, 0.5) is 0 Å². The van der Waals surface area contributed by atoms with Gasteiger partial charge in [0, 0.05) is 0 Å². The van der Waals surface area contributed by atoms with E-state index in [9.17, 15) is 9.59 Å². The Bertz CT molecular complexity index is 317. The molecule has 0 N–H and O–H groups in total. The minimum atomic E-state index is -0.369. The topological polar surface area (TPSA) is 43.4 Å². The van der Waals surface area contributed by atoms with E-state index in [2.05, 4.69) is 0 Å². The number of carbonyl (C=O) groups is 2. The van der Waals surface area contributed by atoms with E-state index in [1.54, 1.807) is 0 Å². The minimum absolute atomic E-state index is 0.133. The number of esters is 1. The summed E-state index contributed by atoms with van der Waals surface area (Å²) >= 11 is 0. The van der Waals surface area contributed by atoms with Crippen LogP contribution in [0.1, 0.15) is 12.5 Å². The van der Waals surface area contributed by atoms with E-state index in [-0.39, 0.29) is 24.8 Å². The average molecular weight is 192 g/mol. The Morgan fingerprint density at radius 1 is 1.21 bits per heavy atom. The zero-order valence-electron chi connectivity index (χ0n) is 8.03. The van der Waals surface area contributed by atoms with Crippen LogP contribution in [-0.4, -0.2) is 18.4 Å². The first-order chi connectivity index (χ1) is 6.68. The Balaban J connectivity index is 2.38. The second kappa shape index (κ2) is 5.17. The molecule has 0 aliphatic carbocycles. The summed E-state index contributed by atoms with van der Waals surface area (Å²) in [5.74, 6) is -0.516. The van der Waals surface area contributed by atoms with Crippen molar-refractivity contribution in [3.63, 3.8) is 0 Å². The minimum Gasteiger partial charge on any atom is -0.457 e. The molecular weight excluding hydrogens is 180 g/mol. The highest BCUT2D eigenvalue weighted by Crippen LogP contribution is 2.00. The molecule has 1 rings (SSSR count). The predicted octanol–water partition coefficient (Wildman–Crippen LogP) is 1.36. The molecule has 0 aliphatic rings. The Kier molecular flexibility index (Phi) is 3.85. The Hall–Kier alpha value is -1.64. The average Bonchev–Trinajstić information content (AvgIpc) is 2.16. The van der Waals surface area contributed by atoms with Crippen molar-refractivity contribution < 1.29 is 14.3 Å². The standard InChI is InChI=1S/C11H12O3/c1-9(12)8-14-11(13)7-10-5-3-2-4-6-10/h2-6H,7-8H2,1H3. The molecule has 0 aromatic heterocycles. The molecule has 0 atom stereocenters. The Morgan fingerprint density at radius 2 is 1.86 bits per heavy atom. The quantitative estimate of drug-likeness (QED) is 0.676. The van der Waals surface area contributed by atoms with E-state index >= 15 is 0 Å². The van der Waals surface area contributed by atoms with Crippen LogP contribution < -0.4 is 0 Å². The van der Waals surface area contributed by atoms with E-state index in [0.717, 1.165) is 5.56 Å². The van der Waals surface area contributed by atoms with Gasteiger partial charge >= 0.3 is 5.97 Å². The van der Waals surface area contributed by atoms with Crippen LogP contribution in [0.3, 0.4) is 0 Å². The van der Waals surface area contributed by atoms with Gasteiger partial charge in [0.1, 0.15) is 6.61 Å². The number of hydrogen-bond acceptors (Lipinski definition) is 3. The summed E-state index contributed by atoms with van der Waals surface area (Å²) in [5, 5.41) is 0. The molecule has 0 saturated carbocycles. The molecule has 0 saturated heterocycles. The molecule has 74 valence electrons. The summed E-state index contributed by atoms with van der Waals surface area (Å²) in [6.07, 6.45) is 0.216. The molecule has 3 heteroatoms. The lowest BCUT2D eigenvalue weighted by Gasteiger charge is -2.01. The van der Waals surface area contributed by atoms with Crippen LogP contribution in [0.25, 0.3) is 0 Å². The lowest BCUT2D eigenvalue weighted by Crippen LogP contribution is -2.13. The molecule has 1 aromatic carbocycles. The number of rotatable bonds is 4. The molecular formula is C11H12O3. The first-order valence-electron chi connectivity index (χ1n) is 4.37. The third-order valence-corrected chi connectivity index (χ3v) is 1.63. The normalized spacial score (nSPS) is 9.50. The molecule has 0 aliphatic heterocycles. The molecule has 0 spiro atoms. The smallest absolute Gasteiger partial charge is 0.310 e. The maximum Gasteiger partial charge on any atom is 0.310 e. The van der Waals surface area contributed by atoms with Gasteiger partial charge in [0.2, 0.25) is 0 Å². The Morgan fingerprint density at radius 3 is 2.43 bits per heavy atom. The molecule has 0 fully saturated rings. The van der Waals surface area contributed by atoms with Gasteiger partial charge in [-0.15, -0.1) is 0 Å². The third-order valence-electron chi connectivity index (χ3n) is 1.63. The lowest BCUT2D eigenvalue weighted by atomic mass is 10.2. The van der Waals surface area contributed by atoms with Gasteiger partial charge in [-0.3, -0.25) is 9.59 Å². The number of ketones is 1. The van der Waals surface area contributed by atoms with Crippen molar-refractivity contribution in [2.75, 3.05) is 6.61 Å². The molecule has 14 heavy (non-hydrogen) atoms. The molecule has 0 unspecified atom stereocenters. The summed E-state index contributed by atoms with van der Waals surface area (Å²) in [6, 6.07) is 9.27. The van der Waals surface area contributed by atoms with Crippen LogP contribution >= 0.6 is 0 Å². The van der Waals surface area contributed by atoms with Crippen molar-refractivity contribution in [1.29, 1.82) is 0 Å². The maximum atomic E-state index is 11.1. The largest absolute Gasteiger partial charge is 0.457 e. The SMILES string of the molecule is CC(=O)COC(=O)Cc1ccccc1. The number of Topliss-reactive ketones (excluding diaryl/α,β-unsaturated/α-hetero) is 1. The number of ether oxygens (including phenoxy) is 1. The van der Waals surface area contributed by atoms with Crippen LogP contribution in [0.15, 0.2) is 30.3 Å². The van der Waals surface area contributed by atoms with Gasteiger partial charge < -0.3 is 4.74 Å². The second-order valence-electron chi connectivity index (χ2n) is 3.03. The van der Waals surface area contributed by atoms with E-state index in [4.69, 9.17) is 4.74 Å². The fourth-order valence-corrected chi connectivity index (χ4v) is 0.996. The van der Waals surface area contributed by atoms with E-state index in [1.807, 2.05) is 30.3 Å². The molecule has 0 amide bonds. The number of benzene rings is 1. The first-order valence-corrected chi connectivity index (χ1v) is 4.37. The van der Waals surface area contributed by atoms with Crippen LogP contribution in [0.2, 0.25) is 0 Å². The van der Waals surface area contributed by atoms with Gasteiger partial charge in [0.15, 0.2) is 5.78 Å². The lowest BCUT2D eigenvalue weighted by molar-refractivity contribution is -0.146. The molecule has 0 heterocycles. The highest BCUT2D eigenvalue weighted by molar-refractivity contribution is 5.80.